The number of carbonyl (C=O) groups excluding carboxylic acids is 1. The van der Waals surface area contributed by atoms with Crippen molar-refractivity contribution in [3.8, 4) is 0 Å². The van der Waals surface area contributed by atoms with Gasteiger partial charge in [-0.3, -0.25) is 9.78 Å². The minimum absolute atomic E-state index is 0.221. The van der Waals surface area contributed by atoms with Crippen LogP contribution in [0.15, 0.2) is 42.6 Å². The van der Waals surface area contributed by atoms with Crippen molar-refractivity contribution < 1.29 is 23.7 Å². The van der Waals surface area contributed by atoms with Gasteiger partial charge in [0.2, 0.25) is 5.91 Å². The summed E-state index contributed by atoms with van der Waals surface area (Å²) < 4.78 is 24.1. The molecule has 2 aromatic rings. The number of hydrogen-bond acceptors (Lipinski definition) is 5. The van der Waals surface area contributed by atoms with E-state index < -0.39 is 16.6 Å². The molecule has 1 amide bonds. The summed E-state index contributed by atoms with van der Waals surface area (Å²) in [6.07, 6.45) is 1.61. The van der Waals surface area contributed by atoms with Crippen molar-refractivity contribution in [3.05, 3.63) is 54.1 Å². The molecule has 0 spiro atoms. The van der Waals surface area contributed by atoms with E-state index >= 15 is 0 Å². The zero-order valence-electron chi connectivity index (χ0n) is 17.0. The van der Waals surface area contributed by atoms with E-state index in [0.717, 1.165) is 0 Å². The summed E-state index contributed by atoms with van der Waals surface area (Å²) in [5, 5.41) is 13.0. The van der Waals surface area contributed by atoms with Crippen LogP contribution in [0.25, 0.3) is 0 Å². The van der Waals surface area contributed by atoms with Gasteiger partial charge in [0.1, 0.15) is 11.2 Å². The second kappa shape index (κ2) is 7.86. The Morgan fingerprint density at radius 3 is 2.34 bits per heavy atom. The first-order valence-electron chi connectivity index (χ1n) is 9.38. The lowest BCUT2D eigenvalue weighted by molar-refractivity contribution is -0.140. The number of anilines is 1. The van der Waals surface area contributed by atoms with Crippen molar-refractivity contribution in [2.24, 2.45) is 0 Å². The topological polar surface area (TPSA) is 80.7 Å². The number of hydrogen-bond donors (Lipinski definition) is 2. The van der Waals surface area contributed by atoms with E-state index in [9.17, 15) is 14.3 Å². The Balaban J connectivity index is 1.70. The number of pyridine rings is 1. The van der Waals surface area contributed by atoms with Gasteiger partial charge in [0.15, 0.2) is 0 Å². The lowest BCUT2D eigenvalue weighted by atomic mass is 9.79. The fraction of sp³-hybridized carbons (Fsp3) is 0.429. The molecule has 1 saturated heterocycles. The molecule has 3 rings (SSSR count). The summed E-state index contributed by atoms with van der Waals surface area (Å²) in [7, 11) is 1.54. The molecule has 1 aliphatic heterocycles. The van der Waals surface area contributed by atoms with E-state index in [-0.39, 0.29) is 24.9 Å². The predicted molar refractivity (Wildman–Crippen MR) is 109 cm³/mol. The Bertz CT molecular complexity index is 860. The standard InChI is InChI=1S/C21H25BFN2O4/c1-19(2,27)20(3,4)29-22-14-5-10-17(24-11-14)21(12-28-13-21)18(26)25-16-8-6-15(23)7-9-16/h5-11,27H,12-13H2,1-4H3,(H,25,26). The van der Waals surface area contributed by atoms with Crippen molar-refractivity contribution in [1.29, 1.82) is 0 Å². The molecule has 0 aliphatic carbocycles. The van der Waals surface area contributed by atoms with Gasteiger partial charge >= 0.3 is 7.48 Å². The van der Waals surface area contributed by atoms with Crippen LogP contribution in [0.2, 0.25) is 0 Å². The SMILES string of the molecule is CC(C)(O)C(C)(C)O[B]c1ccc(C2(C(=O)Nc3ccc(F)cc3)COC2)nc1. The molecule has 1 aromatic carbocycles. The lowest BCUT2D eigenvalue weighted by Gasteiger charge is -2.39. The summed E-state index contributed by atoms with van der Waals surface area (Å²) >= 11 is 0. The Morgan fingerprint density at radius 1 is 1.21 bits per heavy atom. The highest BCUT2D eigenvalue weighted by molar-refractivity contribution is 6.46. The number of aromatic nitrogens is 1. The molecule has 153 valence electrons. The second-order valence-corrected chi connectivity index (χ2v) is 8.32. The van der Waals surface area contributed by atoms with Crippen LogP contribution in [-0.4, -0.2) is 47.9 Å². The van der Waals surface area contributed by atoms with Crippen molar-refractivity contribution >= 4 is 24.5 Å². The van der Waals surface area contributed by atoms with E-state index in [2.05, 4.69) is 10.3 Å². The zero-order chi connectivity index (χ0) is 21.3. The number of halogens is 1. The third-order valence-electron chi connectivity index (χ3n) is 5.47. The molecule has 0 saturated carbocycles. The third kappa shape index (κ3) is 4.50. The number of benzene rings is 1. The van der Waals surface area contributed by atoms with Gasteiger partial charge in [0.25, 0.3) is 0 Å². The molecule has 0 unspecified atom stereocenters. The van der Waals surface area contributed by atoms with Gasteiger partial charge in [-0.25, -0.2) is 4.39 Å². The summed E-state index contributed by atoms with van der Waals surface area (Å²) in [5.41, 5.74) is -0.899. The van der Waals surface area contributed by atoms with Gasteiger partial charge in [-0.15, -0.1) is 0 Å². The van der Waals surface area contributed by atoms with Gasteiger partial charge in [-0.05, 0) is 63.5 Å². The highest BCUT2D eigenvalue weighted by Crippen LogP contribution is 2.32. The maximum Gasteiger partial charge on any atom is 0.332 e. The van der Waals surface area contributed by atoms with Crippen molar-refractivity contribution in [3.63, 3.8) is 0 Å². The normalized spacial score (nSPS) is 16.1. The summed E-state index contributed by atoms with van der Waals surface area (Å²) in [6, 6.07) is 9.16. The highest BCUT2D eigenvalue weighted by atomic mass is 19.1. The molecule has 8 heteroatoms. The van der Waals surface area contributed by atoms with Crippen LogP contribution in [0.3, 0.4) is 0 Å². The van der Waals surface area contributed by atoms with Gasteiger partial charge in [-0.2, -0.15) is 0 Å². The number of carbonyl (C=O) groups is 1. The summed E-state index contributed by atoms with van der Waals surface area (Å²) in [4.78, 5) is 17.3. The third-order valence-corrected chi connectivity index (χ3v) is 5.47. The average Bonchev–Trinajstić information content (AvgIpc) is 2.61. The van der Waals surface area contributed by atoms with Crippen LogP contribution in [0.4, 0.5) is 10.1 Å². The van der Waals surface area contributed by atoms with Crippen LogP contribution in [0, 0.1) is 5.82 Å². The molecule has 0 bridgehead atoms. The maximum atomic E-state index is 13.1. The monoisotopic (exact) mass is 399 g/mol. The molecule has 2 heterocycles. The molecular formula is C21H25BFN2O4. The summed E-state index contributed by atoms with van der Waals surface area (Å²) in [6.45, 7) is 7.40. The van der Waals surface area contributed by atoms with Gasteiger partial charge in [0, 0.05) is 11.9 Å². The summed E-state index contributed by atoms with van der Waals surface area (Å²) in [5.74, 6) is -0.618. The lowest BCUT2D eigenvalue weighted by Crippen LogP contribution is -2.56. The largest absolute Gasteiger partial charge is 0.427 e. The molecule has 6 nitrogen and oxygen atoms in total. The number of aliphatic hydroxyl groups is 1. The van der Waals surface area contributed by atoms with Gasteiger partial charge in [-0.1, -0.05) is 6.07 Å². The van der Waals surface area contributed by atoms with Crippen LogP contribution >= 0.6 is 0 Å². The molecule has 2 N–H and O–H groups in total. The van der Waals surface area contributed by atoms with E-state index in [1.807, 2.05) is 0 Å². The van der Waals surface area contributed by atoms with Crippen LogP contribution in [0.5, 0.6) is 0 Å². The first kappa shape index (κ1) is 21.4. The average molecular weight is 399 g/mol. The molecular weight excluding hydrogens is 374 g/mol. The van der Waals surface area contributed by atoms with E-state index in [0.29, 0.717) is 16.8 Å². The number of amides is 1. The number of ether oxygens (including phenoxy) is 1. The second-order valence-electron chi connectivity index (χ2n) is 8.32. The van der Waals surface area contributed by atoms with E-state index in [1.165, 1.54) is 31.7 Å². The van der Waals surface area contributed by atoms with E-state index in [4.69, 9.17) is 9.39 Å². The molecule has 1 fully saturated rings. The fourth-order valence-corrected chi connectivity index (χ4v) is 2.60. The molecule has 1 aromatic heterocycles. The smallest absolute Gasteiger partial charge is 0.332 e. The number of rotatable bonds is 7. The molecule has 1 aliphatic rings. The van der Waals surface area contributed by atoms with E-state index in [1.54, 1.807) is 46.0 Å². The first-order chi connectivity index (χ1) is 13.5. The predicted octanol–water partition coefficient (Wildman–Crippen LogP) is 1.94. The van der Waals surface area contributed by atoms with Gasteiger partial charge < -0.3 is 19.8 Å². The quantitative estimate of drug-likeness (QED) is 0.696. The molecule has 1 radical (unpaired) electrons. The minimum Gasteiger partial charge on any atom is -0.427 e. The van der Waals surface area contributed by atoms with Crippen molar-refractivity contribution in [1.82, 2.24) is 4.98 Å². The number of nitrogens with one attached hydrogen (secondary N) is 1. The Hall–Kier alpha value is -2.29. The zero-order valence-corrected chi connectivity index (χ0v) is 17.0. The van der Waals surface area contributed by atoms with Crippen molar-refractivity contribution in [2.75, 3.05) is 18.5 Å². The Morgan fingerprint density at radius 2 is 1.86 bits per heavy atom. The van der Waals surface area contributed by atoms with Crippen LogP contribution in [0.1, 0.15) is 33.4 Å². The van der Waals surface area contributed by atoms with Crippen LogP contribution < -0.4 is 10.8 Å². The Kier molecular flexibility index (Phi) is 5.80. The molecule has 29 heavy (non-hydrogen) atoms. The Labute approximate surface area is 170 Å². The first-order valence-corrected chi connectivity index (χ1v) is 9.38. The van der Waals surface area contributed by atoms with Crippen molar-refractivity contribution in [2.45, 2.75) is 44.3 Å². The van der Waals surface area contributed by atoms with Gasteiger partial charge in [0.05, 0.1) is 30.1 Å². The number of nitrogens with zero attached hydrogens (tertiary/aromatic N) is 1. The fourth-order valence-electron chi connectivity index (χ4n) is 2.60. The minimum atomic E-state index is -1.03. The molecule has 0 atom stereocenters. The van der Waals surface area contributed by atoms with Crippen LogP contribution in [-0.2, 0) is 19.6 Å². The highest BCUT2D eigenvalue weighted by Gasteiger charge is 2.49. The maximum absolute atomic E-state index is 13.1.